The number of carbonyl (C=O) groups excluding carboxylic acids is 2. The molecule has 1 aliphatic rings. The van der Waals surface area contributed by atoms with Gasteiger partial charge in [0.1, 0.15) is 10.6 Å². The van der Waals surface area contributed by atoms with Crippen LogP contribution in [0.1, 0.15) is 31.3 Å². The number of hydrogen-bond donors (Lipinski definition) is 0. The molecule has 1 aromatic carbocycles. The van der Waals surface area contributed by atoms with Crippen LogP contribution in [0, 0.1) is 0 Å². The number of benzene rings is 1. The number of thiazole rings is 1. The summed E-state index contributed by atoms with van der Waals surface area (Å²) >= 11 is 7.77. The molecule has 4 nitrogen and oxygen atoms in total. The predicted octanol–water partition coefficient (Wildman–Crippen LogP) is 4.70. The minimum Gasteiger partial charge on any atom is -0.446 e. The van der Waals surface area contributed by atoms with E-state index >= 15 is 0 Å². The maximum Gasteiger partial charge on any atom is 0.213 e. The number of rotatable bonds is 1. The third-order valence-electron chi connectivity index (χ3n) is 3.32. The number of aromatic nitrogens is 1. The topological polar surface area (TPSA) is 60.2 Å². The van der Waals surface area contributed by atoms with Crippen molar-refractivity contribution in [1.82, 2.24) is 4.98 Å². The standard InChI is InChI=1S/C15H5Br2NO3S/c16-8-5-9(21-14(8)17)15-18-10-11(19)6-3-1-2-4-7(6)12(20)13(10)22-15/h1-5H. The van der Waals surface area contributed by atoms with E-state index in [-0.39, 0.29) is 17.3 Å². The van der Waals surface area contributed by atoms with Crippen LogP contribution in [0.5, 0.6) is 0 Å². The number of furan rings is 1. The molecule has 0 amide bonds. The van der Waals surface area contributed by atoms with Crippen LogP contribution in [-0.4, -0.2) is 16.6 Å². The van der Waals surface area contributed by atoms with Crippen molar-refractivity contribution < 1.29 is 14.0 Å². The average Bonchev–Trinajstić information content (AvgIpc) is 3.10. The summed E-state index contributed by atoms with van der Waals surface area (Å²) in [4.78, 5) is 29.7. The van der Waals surface area contributed by atoms with E-state index in [1.165, 1.54) is 11.3 Å². The molecule has 7 heteroatoms. The van der Waals surface area contributed by atoms with Crippen molar-refractivity contribution in [3.63, 3.8) is 0 Å². The largest absolute Gasteiger partial charge is 0.446 e. The van der Waals surface area contributed by atoms with Gasteiger partial charge in [0.25, 0.3) is 0 Å². The van der Waals surface area contributed by atoms with Crippen LogP contribution >= 0.6 is 43.2 Å². The van der Waals surface area contributed by atoms with Gasteiger partial charge < -0.3 is 4.42 Å². The molecule has 0 radical (unpaired) electrons. The van der Waals surface area contributed by atoms with E-state index < -0.39 is 0 Å². The first kappa shape index (κ1) is 14.0. The lowest BCUT2D eigenvalue weighted by molar-refractivity contribution is 0.0979. The van der Waals surface area contributed by atoms with E-state index in [1.807, 2.05) is 0 Å². The van der Waals surface area contributed by atoms with Crippen LogP contribution in [0.3, 0.4) is 0 Å². The van der Waals surface area contributed by atoms with Crippen LogP contribution in [0.25, 0.3) is 10.8 Å². The molecule has 0 saturated carbocycles. The van der Waals surface area contributed by atoms with E-state index in [0.29, 0.717) is 31.4 Å². The van der Waals surface area contributed by atoms with Crippen molar-refractivity contribution in [3.05, 3.63) is 61.2 Å². The van der Waals surface area contributed by atoms with Crippen LogP contribution < -0.4 is 0 Å². The molecule has 1 aliphatic carbocycles. The van der Waals surface area contributed by atoms with Gasteiger partial charge in [-0.3, -0.25) is 9.59 Å². The number of nitrogens with zero attached hydrogens (tertiary/aromatic N) is 1. The van der Waals surface area contributed by atoms with E-state index in [2.05, 4.69) is 36.8 Å². The van der Waals surface area contributed by atoms with Gasteiger partial charge in [0.05, 0.1) is 4.47 Å². The molecule has 0 saturated heterocycles. The third kappa shape index (κ3) is 1.96. The molecule has 2 heterocycles. The molecule has 0 atom stereocenters. The second-order valence-corrected chi connectivity index (χ2v) is 7.21. The fourth-order valence-corrected chi connectivity index (χ4v) is 3.86. The van der Waals surface area contributed by atoms with Crippen LogP contribution in [0.15, 0.2) is 43.9 Å². The molecular formula is C15H5Br2NO3S. The maximum atomic E-state index is 12.5. The zero-order valence-corrected chi connectivity index (χ0v) is 14.7. The Morgan fingerprint density at radius 2 is 1.73 bits per heavy atom. The average molecular weight is 439 g/mol. The third-order valence-corrected chi connectivity index (χ3v) is 6.10. The molecule has 0 unspecified atom stereocenters. The van der Waals surface area contributed by atoms with E-state index in [9.17, 15) is 9.59 Å². The zero-order chi connectivity index (χ0) is 15.4. The summed E-state index contributed by atoms with van der Waals surface area (Å²) in [5.74, 6) is 0.110. The highest BCUT2D eigenvalue weighted by Gasteiger charge is 2.33. The van der Waals surface area contributed by atoms with Gasteiger partial charge in [-0.1, -0.05) is 24.3 Å². The number of fused-ring (bicyclic) bond motifs is 2. The summed E-state index contributed by atoms with van der Waals surface area (Å²) in [6, 6.07) is 8.55. The quantitative estimate of drug-likeness (QED) is 0.432. The Hall–Kier alpha value is -1.57. The maximum absolute atomic E-state index is 12.5. The van der Waals surface area contributed by atoms with Crippen molar-refractivity contribution >= 4 is 54.8 Å². The number of hydrogen-bond acceptors (Lipinski definition) is 5. The second-order valence-electron chi connectivity index (χ2n) is 4.63. The zero-order valence-electron chi connectivity index (χ0n) is 10.7. The van der Waals surface area contributed by atoms with Crippen LogP contribution in [-0.2, 0) is 0 Å². The van der Waals surface area contributed by atoms with Gasteiger partial charge in [-0.05, 0) is 31.9 Å². The molecule has 2 aromatic heterocycles. The highest BCUT2D eigenvalue weighted by atomic mass is 79.9. The number of ketones is 2. The fraction of sp³-hybridized carbons (Fsp3) is 0. The molecule has 0 fully saturated rings. The molecule has 22 heavy (non-hydrogen) atoms. The monoisotopic (exact) mass is 437 g/mol. The van der Waals surface area contributed by atoms with Crippen molar-refractivity contribution in [2.24, 2.45) is 0 Å². The Bertz CT molecular complexity index is 886. The van der Waals surface area contributed by atoms with Gasteiger partial charge in [0, 0.05) is 17.2 Å². The van der Waals surface area contributed by atoms with Gasteiger partial charge in [0.15, 0.2) is 15.4 Å². The van der Waals surface area contributed by atoms with E-state index in [1.54, 1.807) is 30.3 Å². The van der Waals surface area contributed by atoms with Crippen LogP contribution in [0.2, 0.25) is 0 Å². The summed E-state index contributed by atoms with van der Waals surface area (Å²) < 4.78 is 6.81. The van der Waals surface area contributed by atoms with Crippen molar-refractivity contribution in [1.29, 1.82) is 0 Å². The first-order valence-electron chi connectivity index (χ1n) is 6.20. The highest BCUT2D eigenvalue weighted by molar-refractivity contribution is 9.13. The SMILES string of the molecule is O=C1c2ccccc2C(=O)c2sc(-c3cc(Br)c(Br)o3)nc21. The minimum absolute atomic E-state index is 0.168. The Balaban J connectivity index is 1.90. The Morgan fingerprint density at radius 1 is 1.05 bits per heavy atom. The Kier molecular flexibility index (Phi) is 3.18. The van der Waals surface area contributed by atoms with E-state index in [4.69, 9.17) is 4.42 Å². The predicted molar refractivity (Wildman–Crippen MR) is 88.5 cm³/mol. The van der Waals surface area contributed by atoms with Crippen molar-refractivity contribution in [2.75, 3.05) is 0 Å². The summed E-state index contributed by atoms with van der Waals surface area (Å²) in [6.07, 6.45) is 0. The van der Waals surface area contributed by atoms with Crippen molar-refractivity contribution in [3.8, 4) is 10.8 Å². The molecule has 0 aliphatic heterocycles. The summed E-state index contributed by atoms with van der Waals surface area (Å²) in [7, 11) is 0. The summed E-state index contributed by atoms with van der Waals surface area (Å²) in [5.41, 5.74) is 1.03. The van der Waals surface area contributed by atoms with E-state index in [0.717, 1.165) is 4.47 Å². The first-order valence-corrected chi connectivity index (χ1v) is 8.61. The fourth-order valence-electron chi connectivity index (χ4n) is 2.31. The number of carbonyl (C=O) groups is 2. The second kappa shape index (κ2) is 4.97. The molecule has 4 rings (SSSR count). The van der Waals surface area contributed by atoms with Gasteiger partial charge in [-0.2, -0.15) is 0 Å². The normalized spacial score (nSPS) is 13.2. The molecule has 108 valence electrons. The van der Waals surface area contributed by atoms with Gasteiger partial charge in [-0.25, -0.2) is 4.98 Å². The van der Waals surface area contributed by atoms with Gasteiger partial charge in [-0.15, -0.1) is 11.3 Å². The molecular weight excluding hydrogens is 434 g/mol. The highest BCUT2D eigenvalue weighted by Crippen LogP contribution is 2.38. The molecule has 0 N–H and O–H groups in total. The first-order chi connectivity index (χ1) is 10.6. The van der Waals surface area contributed by atoms with Crippen molar-refractivity contribution in [2.45, 2.75) is 0 Å². The number of halogens is 2. The summed E-state index contributed by atoms with van der Waals surface area (Å²) in [6.45, 7) is 0. The Morgan fingerprint density at radius 3 is 2.36 bits per heavy atom. The van der Waals surface area contributed by atoms with Gasteiger partial charge >= 0.3 is 0 Å². The lowest BCUT2D eigenvalue weighted by Crippen LogP contribution is -2.19. The molecule has 0 bridgehead atoms. The molecule has 0 spiro atoms. The molecule has 3 aromatic rings. The smallest absolute Gasteiger partial charge is 0.213 e. The van der Waals surface area contributed by atoms with Gasteiger partial charge in [0.2, 0.25) is 11.6 Å². The lowest BCUT2D eigenvalue weighted by Gasteiger charge is -2.11. The summed E-state index contributed by atoms with van der Waals surface area (Å²) in [5, 5.41) is 0.505. The Labute approximate surface area is 145 Å². The lowest BCUT2D eigenvalue weighted by atomic mass is 9.91. The minimum atomic E-state index is -0.225. The van der Waals surface area contributed by atoms with Crippen LogP contribution in [0.4, 0.5) is 0 Å².